The summed E-state index contributed by atoms with van der Waals surface area (Å²) in [4.78, 5) is 23.9. The first-order chi connectivity index (χ1) is 12.1. The summed E-state index contributed by atoms with van der Waals surface area (Å²) < 4.78 is 0. The molecule has 0 amide bonds. The molecule has 0 aliphatic heterocycles. The van der Waals surface area contributed by atoms with Gasteiger partial charge < -0.3 is 10.2 Å². The average molecular weight is 348 g/mol. The van der Waals surface area contributed by atoms with E-state index in [-0.39, 0.29) is 29.3 Å². The van der Waals surface area contributed by atoms with Crippen LogP contribution in [-0.4, -0.2) is 21.8 Å². The quantitative estimate of drug-likeness (QED) is 0.262. The fourth-order valence-electron chi connectivity index (χ4n) is 2.98. The molecule has 0 aliphatic carbocycles. The van der Waals surface area contributed by atoms with Gasteiger partial charge in [0.1, 0.15) is 22.8 Å². The average Bonchev–Trinajstić information content (AvgIpc) is 2.56. The summed E-state index contributed by atoms with van der Waals surface area (Å²) in [6.45, 7) is 2.22. The van der Waals surface area contributed by atoms with Gasteiger partial charge in [-0.15, -0.1) is 0 Å². The van der Waals surface area contributed by atoms with Crippen LogP contribution in [0.5, 0.6) is 11.5 Å². The van der Waals surface area contributed by atoms with Gasteiger partial charge in [0, 0.05) is 6.42 Å². The third kappa shape index (κ3) is 8.71. The molecular formula is C21H32O4. The molecule has 1 aromatic rings. The number of hydrogen-bond acceptors (Lipinski definition) is 4. The first-order valence-corrected chi connectivity index (χ1v) is 9.62. The van der Waals surface area contributed by atoms with Crippen LogP contribution < -0.4 is 0 Å². The minimum atomic E-state index is -0.521. The van der Waals surface area contributed by atoms with Crippen LogP contribution in [0.25, 0.3) is 0 Å². The number of Topliss-reactive ketones (excluding diaryl/α,β-unsaturated/α-hetero) is 2. The van der Waals surface area contributed by atoms with Crippen molar-refractivity contribution < 1.29 is 19.8 Å². The number of carbonyl (C=O) groups excluding carboxylic acids is 2. The molecular weight excluding hydrogens is 316 g/mol. The largest absolute Gasteiger partial charge is 0.507 e. The van der Waals surface area contributed by atoms with Crippen molar-refractivity contribution in [3.05, 3.63) is 23.8 Å². The molecule has 0 saturated heterocycles. The Kier molecular flexibility index (Phi) is 10.6. The zero-order valence-electron chi connectivity index (χ0n) is 15.4. The Hall–Kier alpha value is -1.84. The number of aromatic hydroxyl groups is 2. The van der Waals surface area contributed by atoms with Gasteiger partial charge in [-0.3, -0.25) is 9.59 Å². The molecule has 0 aromatic heterocycles. The third-order valence-electron chi connectivity index (χ3n) is 4.47. The van der Waals surface area contributed by atoms with E-state index in [1.807, 2.05) is 0 Å². The van der Waals surface area contributed by atoms with Crippen molar-refractivity contribution in [2.24, 2.45) is 0 Å². The first-order valence-electron chi connectivity index (χ1n) is 9.62. The summed E-state index contributed by atoms with van der Waals surface area (Å²) in [5.41, 5.74) is -0.154. The van der Waals surface area contributed by atoms with E-state index in [2.05, 4.69) is 6.92 Å². The van der Waals surface area contributed by atoms with Gasteiger partial charge in [0.25, 0.3) is 0 Å². The predicted octanol–water partition coefficient (Wildman–Crippen LogP) is 5.55. The van der Waals surface area contributed by atoms with E-state index >= 15 is 0 Å². The van der Waals surface area contributed by atoms with Gasteiger partial charge in [0.2, 0.25) is 0 Å². The topological polar surface area (TPSA) is 74.6 Å². The maximum Gasteiger partial charge on any atom is 0.177 e. The van der Waals surface area contributed by atoms with Crippen LogP contribution in [0.2, 0.25) is 0 Å². The molecule has 0 aliphatic rings. The number of hydrogen-bond donors (Lipinski definition) is 2. The first kappa shape index (κ1) is 21.2. The van der Waals surface area contributed by atoms with Crippen LogP contribution in [0.4, 0.5) is 0 Å². The number of rotatable bonds is 14. The lowest BCUT2D eigenvalue weighted by Crippen LogP contribution is -2.08. The second-order valence-electron chi connectivity index (χ2n) is 6.74. The highest BCUT2D eigenvalue weighted by Crippen LogP contribution is 2.27. The lowest BCUT2D eigenvalue weighted by atomic mass is 10.0. The molecule has 0 atom stereocenters. The standard InChI is InChI=1S/C21H32O4/c1-2-3-4-5-6-7-8-9-10-11-13-17(22)16-20(25)21-18(23)14-12-15-19(21)24/h12,14-15,23-24H,2-11,13,16H2,1H3. The summed E-state index contributed by atoms with van der Waals surface area (Å²) in [5, 5.41) is 19.3. The maximum atomic E-state index is 12.0. The van der Waals surface area contributed by atoms with Crippen molar-refractivity contribution in [2.45, 2.75) is 84.0 Å². The third-order valence-corrected chi connectivity index (χ3v) is 4.47. The molecule has 0 bridgehead atoms. The van der Waals surface area contributed by atoms with Crippen molar-refractivity contribution in [1.82, 2.24) is 0 Å². The lowest BCUT2D eigenvalue weighted by molar-refractivity contribution is -0.118. The smallest absolute Gasteiger partial charge is 0.177 e. The van der Waals surface area contributed by atoms with Crippen molar-refractivity contribution >= 4 is 11.6 Å². The van der Waals surface area contributed by atoms with E-state index < -0.39 is 5.78 Å². The molecule has 0 spiro atoms. The van der Waals surface area contributed by atoms with Crippen LogP contribution in [0.3, 0.4) is 0 Å². The molecule has 4 heteroatoms. The molecule has 0 radical (unpaired) electrons. The Balaban J connectivity index is 2.12. The Morgan fingerprint density at radius 3 is 1.80 bits per heavy atom. The van der Waals surface area contributed by atoms with Crippen molar-refractivity contribution in [1.29, 1.82) is 0 Å². The minimum absolute atomic E-state index is 0.132. The number of carbonyl (C=O) groups is 2. The fraction of sp³-hybridized carbons (Fsp3) is 0.619. The van der Waals surface area contributed by atoms with Gasteiger partial charge in [-0.2, -0.15) is 0 Å². The second kappa shape index (κ2) is 12.5. The summed E-state index contributed by atoms with van der Waals surface area (Å²) >= 11 is 0. The van der Waals surface area contributed by atoms with E-state index in [9.17, 15) is 19.8 Å². The molecule has 25 heavy (non-hydrogen) atoms. The van der Waals surface area contributed by atoms with E-state index in [1.165, 1.54) is 63.1 Å². The van der Waals surface area contributed by atoms with Crippen molar-refractivity contribution in [3.63, 3.8) is 0 Å². The molecule has 140 valence electrons. The summed E-state index contributed by atoms with van der Waals surface area (Å²) in [5.74, 6) is -1.21. The molecule has 0 saturated carbocycles. The zero-order chi connectivity index (χ0) is 18.5. The van der Waals surface area contributed by atoms with Crippen LogP contribution in [-0.2, 0) is 4.79 Å². The normalized spacial score (nSPS) is 10.8. The number of phenolic OH excluding ortho intramolecular Hbond substituents is 2. The molecule has 0 fully saturated rings. The summed E-state index contributed by atoms with van der Waals surface area (Å²) in [7, 11) is 0. The molecule has 0 unspecified atom stereocenters. The van der Waals surface area contributed by atoms with E-state index in [4.69, 9.17) is 0 Å². The van der Waals surface area contributed by atoms with Crippen LogP contribution in [0.1, 0.15) is 94.3 Å². The molecule has 0 heterocycles. The molecule has 1 aromatic carbocycles. The number of phenols is 2. The lowest BCUT2D eigenvalue weighted by Gasteiger charge is -2.06. The zero-order valence-corrected chi connectivity index (χ0v) is 15.4. The highest BCUT2D eigenvalue weighted by atomic mass is 16.3. The Morgan fingerprint density at radius 1 is 0.800 bits per heavy atom. The van der Waals surface area contributed by atoms with Crippen LogP contribution in [0, 0.1) is 0 Å². The molecule has 1 rings (SSSR count). The van der Waals surface area contributed by atoms with Crippen LogP contribution >= 0.6 is 0 Å². The maximum absolute atomic E-state index is 12.0. The second-order valence-corrected chi connectivity index (χ2v) is 6.74. The monoisotopic (exact) mass is 348 g/mol. The van der Waals surface area contributed by atoms with Gasteiger partial charge in [-0.1, -0.05) is 70.8 Å². The highest BCUT2D eigenvalue weighted by Gasteiger charge is 2.18. The Bertz CT molecular complexity index is 516. The SMILES string of the molecule is CCCCCCCCCCCCC(=O)CC(=O)c1c(O)cccc1O. The van der Waals surface area contributed by atoms with E-state index in [0.717, 1.165) is 19.3 Å². The molecule has 2 N–H and O–H groups in total. The van der Waals surface area contributed by atoms with Gasteiger partial charge in [-0.25, -0.2) is 0 Å². The van der Waals surface area contributed by atoms with Gasteiger partial charge in [0.05, 0.1) is 6.42 Å². The molecule has 4 nitrogen and oxygen atoms in total. The Morgan fingerprint density at radius 2 is 1.28 bits per heavy atom. The minimum Gasteiger partial charge on any atom is -0.507 e. The summed E-state index contributed by atoms with van der Waals surface area (Å²) in [6.07, 6.45) is 12.1. The van der Waals surface area contributed by atoms with E-state index in [1.54, 1.807) is 0 Å². The predicted molar refractivity (Wildman–Crippen MR) is 100 cm³/mol. The highest BCUT2D eigenvalue weighted by molar-refractivity contribution is 6.10. The van der Waals surface area contributed by atoms with Crippen LogP contribution in [0.15, 0.2) is 18.2 Å². The van der Waals surface area contributed by atoms with Gasteiger partial charge in [-0.05, 0) is 18.6 Å². The van der Waals surface area contributed by atoms with Crippen molar-refractivity contribution in [2.75, 3.05) is 0 Å². The van der Waals surface area contributed by atoms with E-state index in [0.29, 0.717) is 6.42 Å². The van der Waals surface area contributed by atoms with Crippen molar-refractivity contribution in [3.8, 4) is 11.5 Å². The number of ketones is 2. The van der Waals surface area contributed by atoms with Gasteiger partial charge in [0.15, 0.2) is 5.78 Å². The Labute approximate surface area is 151 Å². The summed E-state index contributed by atoms with van der Waals surface area (Å²) in [6, 6.07) is 4.12. The fourth-order valence-corrected chi connectivity index (χ4v) is 2.98. The van der Waals surface area contributed by atoms with Gasteiger partial charge >= 0.3 is 0 Å². The number of unbranched alkanes of at least 4 members (excludes halogenated alkanes) is 9. The number of benzene rings is 1.